The highest BCUT2D eigenvalue weighted by Crippen LogP contribution is 2.11. The zero-order valence-electron chi connectivity index (χ0n) is 11.5. The third-order valence-electron chi connectivity index (χ3n) is 2.68. The van der Waals surface area contributed by atoms with E-state index in [0.29, 0.717) is 19.1 Å². The Bertz CT molecular complexity index is 567. The standard InChI is InChI=1S/C16H19N3O/c1-13-6-5-9-15(12-13)20-11-10-18-16(17)19-14-7-3-2-4-8-14/h2-9,12H,10-11H2,1H3,(H3,17,18,19). The Hall–Kier alpha value is -2.49. The second kappa shape index (κ2) is 7.19. The first kappa shape index (κ1) is 13.9. The van der Waals surface area contributed by atoms with Gasteiger partial charge in [0.2, 0.25) is 0 Å². The molecule has 0 saturated heterocycles. The Morgan fingerprint density at radius 1 is 1.15 bits per heavy atom. The summed E-state index contributed by atoms with van der Waals surface area (Å²) in [7, 11) is 0. The molecule has 2 aromatic carbocycles. The number of guanidine groups is 1. The van der Waals surface area contributed by atoms with Gasteiger partial charge in [-0.2, -0.15) is 0 Å². The van der Waals surface area contributed by atoms with Gasteiger partial charge in [0, 0.05) is 5.69 Å². The first-order valence-electron chi connectivity index (χ1n) is 6.55. The number of aryl methyl sites for hydroxylation is 1. The molecule has 0 aromatic heterocycles. The summed E-state index contributed by atoms with van der Waals surface area (Å²) >= 11 is 0. The van der Waals surface area contributed by atoms with Crippen LogP contribution < -0.4 is 15.8 Å². The van der Waals surface area contributed by atoms with Crippen molar-refractivity contribution in [3.05, 3.63) is 60.2 Å². The van der Waals surface area contributed by atoms with Crippen LogP contribution in [-0.4, -0.2) is 19.1 Å². The van der Waals surface area contributed by atoms with E-state index in [-0.39, 0.29) is 0 Å². The Labute approximate surface area is 119 Å². The van der Waals surface area contributed by atoms with Gasteiger partial charge in [-0.3, -0.25) is 0 Å². The van der Waals surface area contributed by atoms with Gasteiger partial charge in [0.25, 0.3) is 0 Å². The van der Waals surface area contributed by atoms with Gasteiger partial charge in [0.05, 0.1) is 6.54 Å². The largest absolute Gasteiger partial charge is 0.492 e. The molecule has 0 aliphatic carbocycles. The monoisotopic (exact) mass is 269 g/mol. The van der Waals surface area contributed by atoms with Crippen LogP contribution in [0.25, 0.3) is 0 Å². The van der Waals surface area contributed by atoms with Crippen LogP contribution in [0.4, 0.5) is 5.69 Å². The van der Waals surface area contributed by atoms with Crippen molar-refractivity contribution in [2.75, 3.05) is 18.5 Å². The number of hydrogen-bond acceptors (Lipinski definition) is 2. The van der Waals surface area contributed by atoms with Crippen molar-refractivity contribution in [2.45, 2.75) is 6.92 Å². The van der Waals surface area contributed by atoms with E-state index in [1.807, 2.05) is 61.5 Å². The molecular formula is C16H19N3O. The number of nitrogens with zero attached hydrogens (tertiary/aromatic N) is 1. The molecule has 0 saturated carbocycles. The summed E-state index contributed by atoms with van der Waals surface area (Å²) in [6.07, 6.45) is 0. The van der Waals surface area contributed by atoms with E-state index in [9.17, 15) is 0 Å². The number of rotatable bonds is 5. The molecule has 0 unspecified atom stereocenters. The molecule has 2 rings (SSSR count). The van der Waals surface area contributed by atoms with Gasteiger partial charge < -0.3 is 15.8 Å². The van der Waals surface area contributed by atoms with Crippen LogP contribution in [0.2, 0.25) is 0 Å². The molecule has 20 heavy (non-hydrogen) atoms. The number of benzene rings is 2. The number of para-hydroxylation sites is 1. The molecule has 4 nitrogen and oxygen atoms in total. The Balaban J connectivity index is 1.76. The molecular weight excluding hydrogens is 250 g/mol. The van der Waals surface area contributed by atoms with Crippen LogP contribution in [0, 0.1) is 6.92 Å². The highest BCUT2D eigenvalue weighted by Gasteiger charge is 1.95. The van der Waals surface area contributed by atoms with Crippen molar-refractivity contribution >= 4 is 11.6 Å². The lowest BCUT2D eigenvalue weighted by Gasteiger charge is -2.07. The van der Waals surface area contributed by atoms with E-state index >= 15 is 0 Å². The van der Waals surface area contributed by atoms with Crippen LogP contribution in [-0.2, 0) is 0 Å². The van der Waals surface area contributed by atoms with E-state index in [0.717, 1.165) is 11.4 Å². The van der Waals surface area contributed by atoms with E-state index < -0.39 is 0 Å². The second-order valence-electron chi connectivity index (χ2n) is 4.42. The molecule has 3 N–H and O–H groups in total. The summed E-state index contributed by atoms with van der Waals surface area (Å²) in [6.45, 7) is 3.05. The molecule has 4 heteroatoms. The maximum atomic E-state index is 5.79. The third kappa shape index (κ3) is 4.65. The smallest absolute Gasteiger partial charge is 0.193 e. The topological polar surface area (TPSA) is 59.6 Å². The number of nitrogens with one attached hydrogen (secondary N) is 1. The summed E-state index contributed by atoms with van der Waals surface area (Å²) < 4.78 is 5.60. The molecule has 0 heterocycles. The summed E-state index contributed by atoms with van der Waals surface area (Å²) in [5.41, 5.74) is 7.89. The van der Waals surface area contributed by atoms with Crippen LogP contribution in [0.5, 0.6) is 5.75 Å². The lowest BCUT2D eigenvalue weighted by Crippen LogP contribution is -2.23. The molecule has 0 aliphatic heterocycles. The number of nitrogens with two attached hydrogens (primary N) is 1. The average Bonchev–Trinajstić information content (AvgIpc) is 2.45. The van der Waals surface area contributed by atoms with Crippen LogP contribution in [0.1, 0.15) is 5.56 Å². The number of aliphatic imine (C=N–C) groups is 1. The van der Waals surface area contributed by atoms with Gasteiger partial charge >= 0.3 is 0 Å². The lowest BCUT2D eigenvalue weighted by atomic mass is 10.2. The first-order chi connectivity index (χ1) is 9.74. The van der Waals surface area contributed by atoms with E-state index in [1.54, 1.807) is 0 Å². The minimum absolute atomic E-state index is 0.393. The molecule has 0 radical (unpaired) electrons. The normalized spacial score (nSPS) is 11.2. The van der Waals surface area contributed by atoms with Crippen molar-refractivity contribution < 1.29 is 4.74 Å². The van der Waals surface area contributed by atoms with Crippen LogP contribution >= 0.6 is 0 Å². The summed E-state index contributed by atoms with van der Waals surface area (Å²) in [6, 6.07) is 17.6. The van der Waals surface area contributed by atoms with Crippen molar-refractivity contribution in [1.82, 2.24) is 0 Å². The quantitative estimate of drug-likeness (QED) is 0.498. The lowest BCUT2D eigenvalue weighted by molar-refractivity contribution is 0.328. The number of ether oxygens (including phenoxy) is 1. The van der Waals surface area contributed by atoms with Crippen LogP contribution in [0.15, 0.2) is 59.6 Å². The number of anilines is 1. The zero-order chi connectivity index (χ0) is 14.2. The molecule has 0 bridgehead atoms. The van der Waals surface area contributed by atoms with Crippen molar-refractivity contribution in [2.24, 2.45) is 10.7 Å². The van der Waals surface area contributed by atoms with Crippen molar-refractivity contribution in [3.63, 3.8) is 0 Å². The van der Waals surface area contributed by atoms with E-state index in [4.69, 9.17) is 10.5 Å². The number of hydrogen-bond donors (Lipinski definition) is 2. The zero-order valence-corrected chi connectivity index (χ0v) is 11.5. The minimum Gasteiger partial charge on any atom is -0.492 e. The Morgan fingerprint density at radius 3 is 2.70 bits per heavy atom. The highest BCUT2D eigenvalue weighted by molar-refractivity contribution is 5.92. The predicted molar refractivity (Wildman–Crippen MR) is 83.2 cm³/mol. The van der Waals surface area contributed by atoms with Crippen molar-refractivity contribution in [1.29, 1.82) is 0 Å². The highest BCUT2D eigenvalue weighted by atomic mass is 16.5. The molecule has 0 aliphatic rings. The molecule has 0 fully saturated rings. The fraction of sp³-hybridized carbons (Fsp3) is 0.188. The molecule has 0 amide bonds. The Morgan fingerprint density at radius 2 is 1.95 bits per heavy atom. The van der Waals surface area contributed by atoms with E-state index in [1.165, 1.54) is 5.56 Å². The summed E-state index contributed by atoms with van der Waals surface area (Å²) in [4.78, 5) is 4.22. The van der Waals surface area contributed by atoms with Gasteiger partial charge in [-0.1, -0.05) is 30.3 Å². The molecule has 0 atom stereocenters. The Kier molecular flexibility index (Phi) is 5.00. The van der Waals surface area contributed by atoms with Crippen molar-refractivity contribution in [3.8, 4) is 5.75 Å². The fourth-order valence-electron chi connectivity index (χ4n) is 1.74. The first-order valence-corrected chi connectivity index (χ1v) is 6.55. The fourth-order valence-corrected chi connectivity index (χ4v) is 1.74. The van der Waals surface area contributed by atoms with Gasteiger partial charge in [0.15, 0.2) is 5.96 Å². The second-order valence-corrected chi connectivity index (χ2v) is 4.42. The molecule has 2 aromatic rings. The molecule has 0 spiro atoms. The third-order valence-corrected chi connectivity index (χ3v) is 2.68. The minimum atomic E-state index is 0.393. The van der Waals surface area contributed by atoms with Crippen LogP contribution in [0.3, 0.4) is 0 Å². The van der Waals surface area contributed by atoms with Gasteiger partial charge in [-0.15, -0.1) is 0 Å². The average molecular weight is 269 g/mol. The van der Waals surface area contributed by atoms with Gasteiger partial charge in [0.1, 0.15) is 12.4 Å². The van der Waals surface area contributed by atoms with Gasteiger partial charge in [-0.05, 0) is 36.8 Å². The predicted octanol–water partition coefficient (Wildman–Crippen LogP) is 2.80. The van der Waals surface area contributed by atoms with E-state index in [2.05, 4.69) is 10.3 Å². The summed E-state index contributed by atoms with van der Waals surface area (Å²) in [5.74, 6) is 1.25. The van der Waals surface area contributed by atoms with Gasteiger partial charge in [-0.25, -0.2) is 4.99 Å². The maximum absolute atomic E-state index is 5.79. The molecule has 104 valence electrons. The maximum Gasteiger partial charge on any atom is 0.193 e. The SMILES string of the molecule is Cc1cccc(OCCN=C(N)Nc2ccccc2)c1. The summed E-state index contributed by atoms with van der Waals surface area (Å²) in [5, 5.41) is 3.02.